The maximum atomic E-state index is 12.7. The molecule has 6 heteroatoms. The minimum absolute atomic E-state index is 0.0687. The van der Waals surface area contributed by atoms with Gasteiger partial charge in [0.05, 0.1) is 13.2 Å². The Labute approximate surface area is 163 Å². The molecule has 0 bridgehead atoms. The summed E-state index contributed by atoms with van der Waals surface area (Å²) >= 11 is 0. The molecule has 28 heavy (non-hydrogen) atoms. The number of ether oxygens (including phenoxy) is 1. The van der Waals surface area contributed by atoms with Gasteiger partial charge in [-0.3, -0.25) is 9.69 Å². The number of furan rings is 1. The highest BCUT2D eigenvalue weighted by Gasteiger charge is 2.20. The first-order chi connectivity index (χ1) is 13.5. The number of likely N-dealkylation sites (N-methyl/N-ethyl adjacent to an activating group) is 1. The van der Waals surface area contributed by atoms with Crippen molar-refractivity contribution in [3.8, 4) is 5.75 Å². The van der Waals surface area contributed by atoms with E-state index >= 15 is 0 Å². The highest BCUT2D eigenvalue weighted by Crippen LogP contribution is 2.26. The molecule has 0 aliphatic rings. The summed E-state index contributed by atoms with van der Waals surface area (Å²) in [6.45, 7) is 0.435. The van der Waals surface area contributed by atoms with Crippen LogP contribution in [0.3, 0.4) is 0 Å². The number of rotatable bonds is 6. The lowest BCUT2D eigenvalue weighted by molar-refractivity contribution is 0.0935. The Bertz CT molecular complexity index is 1090. The van der Waals surface area contributed by atoms with Crippen LogP contribution < -0.4 is 10.1 Å². The smallest absolute Gasteiger partial charge is 0.267 e. The molecule has 2 aromatic carbocycles. The Morgan fingerprint density at radius 1 is 1.14 bits per heavy atom. The molecule has 0 saturated carbocycles. The first-order valence-electron chi connectivity index (χ1n) is 9.15. The van der Waals surface area contributed by atoms with Crippen LogP contribution in [0.1, 0.15) is 22.3 Å². The average molecular weight is 377 g/mol. The first kappa shape index (κ1) is 18.1. The van der Waals surface area contributed by atoms with Gasteiger partial charge in [0, 0.05) is 28.9 Å². The van der Waals surface area contributed by atoms with Crippen molar-refractivity contribution in [3.05, 3.63) is 66.1 Å². The molecule has 1 amide bonds. The van der Waals surface area contributed by atoms with Crippen molar-refractivity contribution in [3.63, 3.8) is 0 Å². The third-order valence-electron chi connectivity index (χ3n) is 4.93. The highest BCUT2D eigenvalue weighted by atomic mass is 16.5. The number of H-pyrrole nitrogens is 1. The van der Waals surface area contributed by atoms with Crippen molar-refractivity contribution in [1.29, 1.82) is 0 Å². The zero-order valence-corrected chi connectivity index (χ0v) is 16.2. The predicted octanol–water partition coefficient (Wildman–Crippen LogP) is 3.96. The largest absolute Gasteiger partial charge is 0.497 e. The number of nitrogens with zero attached hydrogens (tertiary/aromatic N) is 1. The molecule has 0 spiro atoms. The zero-order valence-electron chi connectivity index (χ0n) is 16.2. The molecule has 0 aliphatic heterocycles. The molecular weight excluding hydrogens is 354 g/mol. The number of nitrogens with one attached hydrogen (secondary N) is 2. The third-order valence-corrected chi connectivity index (χ3v) is 4.93. The number of fused-ring (bicyclic) bond motifs is 2. The standard InChI is InChI=1S/C22H23N3O3/c1-25(2)19(21-11-15-6-4-5-7-20(15)28-21)13-23-22(26)18-10-14-8-9-16(27-3)12-17(14)24-18/h4-12,19,24H,13H2,1-3H3,(H,23,26)/t19-/m0/s1. The molecule has 144 valence electrons. The summed E-state index contributed by atoms with van der Waals surface area (Å²) in [6.07, 6.45) is 0. The van der Waals surface area contributed by atoms with E-state index < -0.39 is 0 Å². The molecule has 4 aromatic rings. The number of aromatic nitrogens is 1. The minimum atomic E-state index is -0.155. The molecule has 6 nitrogen and oxygen atoms in total. The highest BCUT2D eigenvalue weighted by molar-refractivity contribution is 5.98. The molecule has 0 aliphatic carbocycles. The number of amides is 1. The molecule has 0 unspecified atom stereocenters. The van der Waals surface area contributed by atoms with E-state index in [9.17, 15) is 4.79 Å². The monoisotopic (exact) mass is 377 g/mol. The van der Waals surface area contributed by atoms with Gasteiger partial charge in [0.15, 0.2) is 0 Å². The lowest BCUT2D eigenvalue weighted by atomic mass is 10.1. The van der Waals surface area contributed by atoms with Crippen molar-refractivity contribution in [2.45, 2.75) is 6.04 Å². The van der Waals surface area contributed by atoms with Gasteiger partial charge in [-0.05, 0) is 44.4 Å². The average Bonchev–Trinajstić information content (AvgIpc) is 3.30. The Morgan fingerprint density at radius 2 is 1.96 bits per heavy atom. The fourth-order valence-electron chi connectivity index (χ4n) is 3.34. The van der Waals surface area contributed by atoms with Gasteiger partial charge in [0.1, 0.15) is 22.8 Å². The fourth-order valence-corrected chi connectivity index (χ4v) is 3.34. The van der Waals surface area contributed by atoms with Gasteiger partial charge in [0.25, 0.3) is 5.91 Å². The second-order valence-electron chi connectivity index (χ2n) is 7.01. The molecular formula is C22H23N3O3. The van der Waals surface area contributed by atoms with E-state index in [1.165, 1.54) is 0 Å². The van der Waals surface area contributed by atoms with E-state index in [1.54, 1.807) is 7.11 Å². The summed E-state index contributed by atoms with van der Waals surface area (Å²) in [5.41, 5.74) is 2.23. The number of hydrogen-bond donors (Lipinski definition) is 2. The summed E-state index contributed by atoms with van der Waals surface area (Å²) in [5.74, 6) is 1.42. The van der Waals surface area contributed by atoms with Crippen molar-refractivity contribution in [2.24, 2.45) is 0 Å². The van der Waals surface area contributed by atoms with Gasteiger partial charge in [-0.2, -0.15) is 0 Å². The summed E-state index contributed by atoms with van der Waals surface area (Å²) in [4.78, 5) is 17.9. The number of hydrogen-bond acceptors (Lipinski definition) is 4. The lowest BCUT2D eigenvalue weighted by Gasteiger charge is -2.22. The molecule has 1 atom stereocenters. The summed E-state index contributed by atoms with van der Waals surface area (Å²) in [5, 5.41) is 5.03. The van der Waals surface area contributed by atoms with Crippen molar-refractivity contribution in [2.75, 3.05) is 27.7 Å². The SMILES string of the molecule is COc1ccc2cc(C(=O)NC[C@@H](c3cc4ccccc4o3)N(C)C)[nH]c2c1. The number of benzene rings is 2. The minimum Gasteiger partial charge on any atom is -0.497 e. The predicted molar refractivity (Wildman–Crippen MR) is 110 cm³/mol. The Hall–Kier alpha value is -3.25. The summed E-state index contributed by atoms with van der Waals surface area (Å²) in [6, 6.07) is 17.4. The van der Waals surface area contributed by atoms with Crippen LogP contribution in [0.2, 0.25) is 0 Å². The summed E-state index contributed by atoms with van der Waals surface area (Å²) < 4.78 is 11.2. The lowest BCUT2D eigenvalue weighted by Crippen LogP contribution is -2.34. The Kier molecular flexibility index (Phi) is 4.79. The van der Waals surface area contributed by atoms with Gasteiger partial charge >= 0.3 is 0 Å². The third kappa shape index (κ3) is 3.46. The van der Waals surface area contributed by atoms with E-state index in [0.29, 0.717) is 12.2 Å². The molecule has 2 aromatic heterocycles. The van der Waals surface area contributed by atoms with Crippen LogP contribution in [-0.4, -0.2) is 43.5 Å². The molecule has 2 heterocycles. The van der Waals surface area contributed by atoms with Crippen LogP contribution in [0.5, 0.6) is 5.75 Å². The van der Waals surface area contributed by atoms with Crippen LogP contribution in [0.25, 0.3) is 21.9 Å². The molecule has 2 N–H and O–H groups in total. The fraction of sp³-hybridized carbons (Fsp3) is 0.227. The number of para-hydroxylation sites is 1. The van der Waals surface area contributed by atoms with Gasteiger partial charge in [-0.1, -0.05) is 18.2 Å². The molecule has 0 radical (unpaired) electrons. The van der Waals surface area contributed by atoms with Crippen LogP contribution in [0.15, 0.2) is 59.0 Å². The number of aromatic amines is 1. The van der Waals surface area contributed by atoms with Gasteiger partial charge in [-0.25, -0.2) is 0 Å². The van der Waals surface area contributed by atoms with Crippen LogP contribution >= 0.6 is 0 Å². The first-order valence-corrected chi connectivity index (χ1v) is 9.15. The van der Waals surface area contributed by atoms with E-state index in [0.717, 1.165) is 33.4 Å². The number of methoxy groups -OCH3 is 1. The topological polar surface area (TPSA) is 70.5 Å². The van der Waals surface area contributed by atoms with Gasteiger partial charge < -0.3 is 19.5 Å². The van der Waals surface area contributed by atoms with Crippen LogP contribution in [0, 0.1) is 0 Å². The number of carbonyl (C=O) groups is 1. The normalized spacial score (nSPS) is 12.6. The second kappa shape index (κ2) is 7.40. The molecule has 0 saturated heterocycles. The number of carbonyl (C=O) groups excluding carboxylic acids is 1. The zero-order chi connectivity index (χ0) is 19.7. The van der Waals surface area contributed by atoms with Crippen LogP contribution in [-0.2, 0) is 0 Å². The molecule has 4 rings (SSSR count). The second-order valence-corrected chi connectivity index (χ2v) is 7.01. The maximum absolute atomic E-state index is 12.7. The van der Waals surface area contributed by atoms with E-state index in [2.05, 4.69) is 10.3 Å². The van der Waals surface area contributed by atoms with Crippen LogP contribution in [0.4, 0.5) is 0 Å². The van der Waals surface area contributed by atoms with Crippen molar-refractivity contribution in [1.82, 2.24) is 15.2 Å². The van der Waals surface area contributed by atoms with E-state index in [-0.39, 0.29) is 11.9 Å². The van der Waals surface area contributed by atoms with Gasteiger partial charge in [0.2, 0.25) is 0 Å². The van der Waals surface area contributed by atoms with E-state index in [1.807, 2.05) is 73.6 Å². The van der Waals surface area contributed by atoms with Crippen molar-refractivity contribution < 1.29 is 13.9 Å². The maximum Gasteiger partial charge on any atom is 0.267 e. The van der Waals surface area contributed by atoms with Gasteiger partial charge in [-0.15, -0.1) is 0 Å². The summed E-state index contributed by atoms with van der Waals surface area (Å²) in [7, 11) is 5.57. The quantitative estimate of drug-likeness (QED) is 0.534. The van der Waals surface area contributed by atoms with Crippen molar-refractivity contribution >= 4 is 27.8 Å². The van der Waals surface area contributed by atoms with E-state index in [4.69, 9.17) is 9.15 Å². The Balaban J connectivity index is 1.51. The Morgan fingerprint density at radius 3 is 2.71 bits per heavy atom. The molecule has 0 fully saturated rings.